The lowest BCUT2D eigenvalue weighted by Gasteiger charge is -2.27. The molecule has 0 amide bonds. The molecule has 2 nitrogen and oxygen atoms in total. The second-order valence-electron chi connectivity index (χ2n) is 4.83. The SMILES string of the molecule is Cc1ccc(C)c(CCN2CCNCC2)c1F. The van der Waals surface area contributed by atoms with Crippen molar-refractivity contribution < 1.29 is 4.39 Å². The Hall–Kier alpha value is -0.930. The van der Waals surface area contributed by atoms with Crippen LogP contribution in [0.15, 0.2) is 12.1 Å². The maximum atomic E-state index is 14.0. The van der Waals surface area contributed by atoms with Crippen molar-refractivity contribution in [2.75, 3.05) is 32.7 Å². The molecule has 0 radical (unpaired) electrons. The molecule has 3 heteroatoms. The van der Waals surface area contributed by atoms with Crippen molar-refractivity contribution in [2.24, 2.45) is 0 Å². The Labute approximate surface area is 103 Å². The summed E-state index contributed by atoms with van der Waals surface area (Å²) in [6, 6.07) is 3.88. The summed E-state index contributed by atoms with van der Waals surface area (Å²) >= 11 is 0. The van der Waals surface area contributed by atoms with Crippen LogP contribution in [0.3, 0.4) is 0 Å². The first kappa shape index (κ1) is 12.5. The molecule has 0 aliphatic carbocycles. The fourth-order valence-electron chi connectivity index (χ4n) is 2.35. The molecule has 1 aromatic carbocycles. The molecule has 17 heavy (non-hydrogen) atoms. The molecule has 1 fully saturated rings. The van der Waals surface area contributed by atoms with Crippen LogP contribution < -0.4 is 5.32 Å². The van der Waals surface area contributed by atoms with Crippen LogP contribution in [0.25, 0.3) is 0 Å². The van der Waals surface area contributed by atoms with Gasteiger partial charge in [-0.2, -0.15) is 0 Å². The van der Waals surface area contributed by atoms with Crippen LogP contribution in [0, 0.1) is 19.7 Å². The van der Waals surface area contributed by atoms with E-state index in [1.54, 1.807) is 0 Å². The normalized spacial score (nSPS) is 17.4. The van der Waals surface area contributed by atoms with Gasteiger partial charge in [0.1, 0.15) is 5.82 Å². The Morgan fingerprint density at radius 2 is 1.82 bits per heavy atom. The molecule has 1 saturated heterocycles. The number of hydrogen-bond donors (Lipinski definition) is 1. The lowest BCUT2D eigenvalue weighted by atomic mass is 10.0. The summed E-state index contributed by atoms with van der Waals surface area (Å²) in [7, 11) is 0. The van der Waals surface area contributed by atoms with Gasteiger partial charge in [-0.1, -0.05) is 12.1 Å². The first-order valence-corrected chi connectivity index (χ1v) is 6.36. The number of halogens is 1. The van der Waals surface area contributed by atoms with Gasteiger partial charge in [0.25, 0.3) is 0 Å². The van der Waals surface area contributed by atoms with Gasteiger partial charge < -0.3 is 10.2 Å². The second kappa shape index (κ2) is 5.61. The molecule has 0 aromatic heterocycles. The number of benzene rings is 1. The zero-order chi connectivity index (χ0) is 12.3. The number of hydrogen-bond acceptors (Lipinski definition) is 2. The van der Waals surface area contributed by atoms with Crippen LogP contribution >= 0.6 is 0 Å². The molecule has 94 valence electrons. The minimum absolute atomic E-state index is 0.0138. The molecular weight excluding hydrogens is 215 g/mol. The van der Waals surface area contributed by atoms with Crippen LogP contribution in [-0.4, -0.2) is 37.6 Å². The van der Waals surface area contributed by atoms with E-state index in [1.807, 2.05) is 26.0 Å². The Balaban J connectivity index is 2.00. The summed E-state index contributed by atoms with van der Waals surface area (Å²) in [5, 5.41) is 3.33. The Morgan fingerprint density at radius 1 is 1.18 bits per heavy atom. The molecule has 2 rings (SSSR count). The van der Waals surface area contributed by atoms with E-state index in [0.29, 0.717) is 0 Å². The topological polar surface area (TPSA) is 15.3 Å². The number of nitrogens with one attached hydrogen (secondary N) is 1. The van der Waals surface area contributed by atoms with Gasteiger partial charge >= 0.3 is 0 Å². The smallest absolute Gasteiger partial charge is 0.129 e. The summed E-state index contributed by atoms with van der Waals surface area (Å²) in [6.07, 6.45) is 0.819. The Morgan fingerprint density at radius 3 is 2.53 bits per heavy atom. The van der Waals surface area contributed by atoms with Crippen molar-refractivity contribution in [2.45, 2.75) is 20.3 Å². The van der Waals surface area contributed by atoms with E-state index in [0.717, 1.165) is 55.8 Å². The summed E-state index contributed by atoms with van der Waals surface area (Å²) in [4.78, 5) is 2.40. The van der Waals surface area contributed by atoms with E-state index < -0.39 is 0 Å². The molecule has 1 aliphatic heterocycles. The summed E-state index contributed by atoms with van der Waals surface area (Å²) in [5.74, 6) is -0.0138. The van der Waals surface area contributed by atoms with Crippen molar-refractivity contribution in [3.8, 4) is 0 Å². The first-order chi connectivity index (χ1) is 8.18. The average molecular weight is 236 g/mol. The van der Waals surface area contributed by atoms with Crippen molar-refractivity contribution >= 4 is 0 Å². The molecule has 1 N–H and O–H groups in total. The standard InChI is InChI=1S/C14H21FN2/c1-11-3-4-12(2)14(15)13(11)5-8-17-9-6-16-7-10-17/h3-4,16H,5-10H2,1-2H3. The van der Waals surface area contributed by atoms with Gasteiger partial charge in [-0.25, -0.2) is 4.39 Å². The second-order valence-corrected chi connectivity index (χ2v) is 4.83. The molecule has 0 bridgehead atoms. The zero-order valence-electron chi connectivity index (χ0n) is 10.7. The van der Waals surface area contributed by atoms with E-state index >= 15 is 0 Å². The van der Waals surface area contributed by atoms with Gasteiger partial charge in [-0.15, -0.1) is 0 Å². The lowest BCUT2D eigenvalue weighted by Crippen LogP contribution is -2.44. The predicted octanol–water partition coefficient (Wildman–Crippen LogP) is 1.89. The zero-order valence-corrected chi connectivity index (χ0v) is 10.7. The minimum Gasteiger partial charge on any atom is -0.314 e. The van der Waals surface area contributed by atoms with Gasteiger partial charge in [0.15, 0.2) is 0 Å². The number of nitrogens with zero attached hydrogens (tertiary/aromatic N) is 1. The third-order valence-electron chi connectivity index (χ3n) is 3.56. The number of rotatable bonds is 3. The fourth-order valence-corrected chi connectivity index (χ4v) is 2.35. The van der Waals surface area contributed by atoms with Crippen molar-refractivity contribution in [3.05, 3.63) is 34.6 Å². The summed E-state index contributed by atoms with van der Waals surface area (Å²) in [6.45, 7) is 9.05. The molecule has 1 heterocycles. The third kappa shape index (κ3) is 3.05. The Bertz CT molecular complexity index is 384. The molecule has 1 aliphatic rings. The monoisotopic (exact) mass is 236 g/mol. The van der Waals surface area contributed by atoms with Crippen molar-refractivity contribution in [1.82, 2.24) is 10.2 Å². The summed E-state index contributed by atoms with van der Waals surface area (Å²) < 4.78 is 14.0. The molecule has 0 unspecified atom stereocenters. The van der Waals surface area contributed by atoms with E-state index in [9.17, 15) is 4.39 Å². The van der Waals surface area contributed by atoms with Gasteiger partial charge in [0, 0.05) is 32.7 Å². The third-order valence-corrected chi connectivity index (χ3v) is 3.56. The molecule has 0 saturated carbocycles. The highest BCUT2D eigenvalue weighted by Crippen LogP contribution is 2.17. The first-order valence-electron chi connectivity index (χ1n) is 6.36. The van der Waals surface area contributed by atoms with Gasteiger partial charge in [-0.05, 0) is 37.0 Å². The highest BCUT2D eigenvalue weighted by Gasteiger charge is 2.12. The lowest BCUT2D eigenvalue weighted by molar-refractivity contribution is 0.243. The highest BCUT2D eigenvalue weighted by molar-refractivity contribution is 5.32. The van der Waals surface area contributed by atoms with Crippen LogP contribution in [0.5, 0.6) is 0 Å². The fraction of sp³-hybridized carbons (Fsp3) is 0.571. The maximum absolute atomic E-state index is 14.0. The van der Waals surface area contributed by atoms with E-state index in [1.165, 1.54) is 0 Å². The Kier molecular flexibility index (Phi) is 4.13. The summed E-state index contributed by atoms with van der Waals surface area (Å²) in [5.41, 5.74) is 2.72. The largest absolute Gasteiger partial charge is 0.314 e. The quantitative estimate of drug-likeness (QED) is 0.862. The van der Waals surface area contributed by atoms with Crippen LogP contribution in [0.1, 0.15) is 16.7 Å². The van der Waals surface area contributed by atoms with Crippen LogP contribution in [-0.2, 0) is 6.42 Å². The van der Waals surface area contributed by atoms with E-state index in [2.05, 4.69) is 10.2 Å². The van der Waals surface area contributed by atoms with Crippen LogP contribution in [0.4, 0.5) is 4.39 Å². The maximum Gasteiger partial charge on any atom is 0.129 e. The average Bonchev–Trinajstić information content (AvgIpc) is 2.35. The molecule has 0 spiro atoms. The minimum atomic E-state index is -0.0138. The molecule has 0 atom stereocenters. The van der Waals surface area contributed by atoms with Gasteiger partial charge in [-0.3, -0.25) is 0 Å². The van der Waals surface area contributed by atoms with Crippen LogP contribution in [0.2, 0.25) is 0 Å². The van der Waals surface area contributed by atoms with Gasteiger partial charge in [0.2, 0.25) is 0 Å². The van der Waals surface area contributed by atoms with Crippen molar-refractivity contribution in [1.29, 1.82) is 0 Å². The molecular formula is C14H21FN2. The number of aryl methyl sites for hydroxylation is 2. The van der Waals surface area contributed by atoms with E-state index in [4.69, 9.17) is 0 Å². The molecule has 1 aromatic rings. The van der Waals surface area contributed by atoms with Crippen molar-refractivity contribution in [3.63, 3.8) is 0 Å². The van der Waals surface area contributed by atoms with Gasteiger partial charge in [0.05, 0.1) is 0 Å². The predicted molar refractivity (Wildman–Crippen MR) is 68.9 cm³/mol. The highest BCUT2D eigenvalue weighted by atomic mass is 19.1. The number of piperazine rings is 1. The van der Waals surface area contributed by atoms with E-state index in [-0.39, 0.29) is 5.82 Å².